The zero-order chi connectivity index (χ0) is 10.8. The number of rotatable bonds is 2. The van der Waals surface area contributed by atoms with Crippen LogP contribution in [0.25, 0.3) is 6.08 Å². The molecule has 0 bridgehead atoms. The number of halogens is 1. The second-order valence-electron chi connectivity index (χ2n) is 2.90. The Kier molecular flexibility index (Phi) is 2.64. The normalized spacial score (nSPS) is 13.4. The van der Waals surface area contributed by atoms with E-state index in [4.69, 9.17) is 14.6 Å². The SMILES string of the molecule is O=C(O)/C=C\c1cc2c(cc1Br)OCO2. The summed E-state index contributed by atoms with van der Waals surface area (Å²) in [5.74, 6) is 0.303. The summed E-state index contributed by atoms with van der Waals surface area (Å²) in [6, 6.07) is 3.48. The number of hydrogen-bond donors (Lipinski definition) is 1. The summed E-state index contributed by atoms with van der Waals surface area (Å²) in [7, 11) is 0. The highest BCUT2D eigenvalue weighted by Crippen LogP contribution is 2.37. The van der Waals surface area contributed by atoms with Crippen LogP contribution in [0.3, 0.4) is 0 Å². The van der Waals surface area contributed by atoms with Gasteiger partial charge in [0.05, 0.1) is 0 Å². The Balaban J connectivity index is 2.36. The number of carboxylic acid groups (broad SMARTS) is 1. The van der Waals surface area contributed by atoms with Gasteiger partial charge in [0.25, 0.3) is 0 Å². The average Bonchev–Trinajstić information content (AvgIpc) is 2.60. The van der Waals surface area contributed by atoms with E-state index in [1.807, 2.05) is 0 Å². The van der Waals surface area contributed by atoms with Crippen molar-refractivity contribution in [2.75, 3.05) is 6.79 Å². The molecule has 0 unspecified atom stereocenters. The molecule has 0 fully saturated rings. The lowest BCUT2D eigenvalue weighted by atomic mass is 10.2. The van der Waals surface area contributed by atoms with Crippen molar-refractivity contribution in [3.05, 3.63) is 28.2 Å². The molecule has 1 N–H and O–H groups in total. The molecule has 15 heavy (non-hydrogen) atoms. The Morgan fingerprint density at radius 2 is 2.07 bits per heavy atom. The fraction of sp³-hybridized carbons (Fsp3) is 0.100. The molecule has 0 aromatic heterocycles. The van der Waals surface area contributed by atoms with E-state index >= 15 is 0 Å². The predicted octanol–water partition coefficient (Wildman–Crippen LogP) is 2.28. The van der Waals surface area contributed by atoms with Crippen LogP contribution >= 0.6 is 15.9 Å². The standard InChI is InChI=1S/C10H7BrO4/c11-7-4-9-8(14-5-15-9)3-6(7)1-2-10(12)13/h1-4H,5H2,(H,12,13)/b2-1-. The molecular weight excluding hydrogens is 264 g/mol. The highest BCUT2D eigenvalue weighted by atomic mass is 79.9. The Bertz CT molecular complexity index is 439. The second kappa shape index (κ2) is 3.94. The topological polar surface area (TPSA) is 55.8 Å². The van der Waals surface area contributed by atoms with Gasteiger partial charge in [-0.1, -0.05) is 15.9 Å². The maximum Gasteiger partial charge on any atom is 0.328 e. The van der Waals surface area contributed by atoms with Gasteiger partial charge in [0, 0.05) is 10.5 Å². The largest absolute Gasteiger partial charge is 0.478 e. The van der Waals surface area contributed by atoms with E-state index < -0.39 is 5.97 Å². The summed E-state index contributed by atoms with van der Waals surface area (Å²) >= 11 is 3.32. The van der Waals surface area contributed by atoms with Crippen LogP contribution in [-0.2, 0) is 4.79 Å². The summed E-state index contributed by atoms with van der Waals surface area (Å²) in [6.45, 7) is 0.202. The minimum absolute atomic E-state index is 0.202. The summed E-state index contributed by atoms with van der Waals surface area (Å²) in [5, 5.41) is 8.50. The van der Waals surface area contributed by atoms with Gasteiger partial charge in [0.2, 0.25) is 6.79 Å². The monoisotopic (exact) mass is 270 g/mol. The molecule has 0 atom stereocenters. The summed E-state index contributed by atoms with van der Waals surface area (Å²) < 4.78 is 11.1. The number of aliphatic carboxylic acids is 1. The first-order valence-corrected chi connectivity index (χ1v) is 4.96. The van der Waals surface area contributed by atoms with Crippen LogP contribution in [0.15, 0.2) is 22.7 Å². The summed E-state index contributed by atoms with van der Waals surface area (Å²) in [4.78, 5) is 10.4. The Morgan fingerprint density at radius 3 is 2.73 bits per heavy atom. The summed E-state index contributed by atoms with van der Waals surface area (Å²) in [6.07, 6.45) is 2.57. The molecule has 0 amide bonds. The van der Waals surface area contributed by atoms with Crippen molar-refractivity contribution >= 4 is 28.0 Å². The van der Waals surface area contributed by atoms with E-state index in [0.29, 0.717) is 11.5 Å². The molecule has 0 saturated carbocycles. The minimum atomic E-state index is -0.987. The van der Waals surface area contributed by atoms with E-state index in [2.05, 4.69) is 15.9 Å². The molecule has 0 saturated heterocycles. The molecule has 0 radical (unpaired) electrons. The van der Waals surface area contributed by atoms with E-state index in [9.17, 15) is 4.79 Å². The lowest BCUT2D eigenvalue weighted by Gasteiger charge is -2.01. The van der Waals surface area contributed by atoms with E-state index in [1.54, 1.807) is 12.1 Å². The molecule has 0 spiro atoms. The molecule has 1 aromatic carbocycles. The molecule has 78 valence electrons. The highest BCUT2D eigenvalue weighted by molar-refractivity contribution is 9.10. The molecule has 1 aliphatic heterocycles. The van der Waals surface area contributed by atoms with Gasteiger partial charge in [0.15, 0.2) is 11.5 Å². The number of ether oxygens (including phenoxy) is 2. The zero-order valence-electron chi connectivity index (χ0n) is 7.57. The molecule has 0 aliphatic carbocycles. The average molecular weight is 271 g/mol. The third-order valence-corrected chi connectivity index (χ3v) is 2.58. The Labute approximate surface area is 94.2 Å². The van der Waals surface area contributed by atoms with Gasteiger partial charge in [-0.3, -0.25) is 0 Å². The fourth-order valence-corrected chi connectivity index (χ4v) is 1.68. The van der Waals surface area contributed by atoms with Crippen LogP contribution in [0.2, 0.25) is 0 Å². The van der Waals surface area contributed by atoms with E-state index in [-0.39, 0.29) is 6.79 Å². The minimum Gasteiger partial charge on any atom is -0.478 e. The maximum atomic E-state index is 10.4. The first-order valence-electron chi connectivity index (χ1n) is 4.17. The number of carboxylic acids is 1. The lowest BCUT2D eigenvalue weighted by molar-refractivity contribution is -0.131. The first kappa shape index (κ1) is 10.0. The Morgan fingerprint density at radius 1 is 1.40 bits per heavy atom. The van der Waals surface area contributed by atoms with Gasteiger partial charge < -0.3 is 14.6 Å². The molecule has 1 aliphatic rings. The number of carbonyl (C=O) groups is 1. The van der Waals surface area contributed by atoms with Crippen LogP contribution < -0.4 is 9.47 Å². The first-order chi connectivity index (χ1) is 7.16. The van der Waals surface area contributed by atoms with Gasteiger partial charge in [0.1, 0.15) is 0 Å². The third-order valence-electron chi connectivity index (χ3n) is 1.90. The molecule has 1 aromatic rings. The van der Waals surface area contributed by atoms with Crippen LogP contribution in [-0.4, -0.2) is 17.9 Å². The van der Waals surface area contributed by atoms with Crippen LogP contribution in [0.1, 0.15) is 5.56 Å². The fourth-order valence-electron chi connectivity index (χ4n) is 1.22. The molecule has 2 rings (SSSR count). The van der Waals surface area contributed by atoms with Crippen molar-refractivity contribution in [2.45, 2.75) is 0 Å². The van der Waals surface area contributed by atoms with Crippen molar-refractivity contribution in [3.8, 4) is 11.5 Å². The molecule has 4 nitrogen and oxygen atoms in total. The maximum absolute atomic E-state index is 10.4. The summed E-state index contributed by atoms with van der Waals surface area (Å²) in [5.41, 5.74) is 0.738. The lowest BCUT2D eigenvalue weighted by Crippen LogP contribution is -1.92. The van der Waals surface area contributed by atoms with Crippen LogP contribution in [0.5, 0.6) is 11.5 Å². The predicted molar refractivity (Wildman–Crippen MR) is 56.9 cm³/mol. The zero-order valence-corrected chi connectivity index (χ0v) is 9.15. The van der Waals surface area contributed by atoms with Crippen molar-refractivity contribution in [3.63, 3.8) is 0 Å². The van der Waals surface area contributed by atoms with Gasteiger partial charge in [-0.15, -0.1) is 0 Å². The van der Waals surface area contributed by atoms with Gasteiger partial charge in [-0.25, -0.2) is 4.79 Å². The van der Waals surface area contributed by atoms with E-state index in [0.717, 1.165) is 16.1 Å². The van der Waals surface area contributed by atoms with Crippen molar-refractivity contribution in [1.82, 2.24) is 0 Å². The highest BCUT2D eigenvalue weighted by Gasteiger charge is 2.15. The van der Waals surface area contributed by atoms with Crippen molar-refractivity contribution in [1.29, 1.82) is 0 Å². The number of fused-ring (bicyclic) bond motifs is 1. The van der Waals surface area contributed by atoms with Gasteiger partial charge >= 0.3 is 5.97 Å². The van der Waals surface area contributed by atoms with Crippen LogP contribution in [0, 0.1) is 0 Å². The van der Waals surface area contributed by atoms with E-state index in [1.165, 1.54) is 6.08 Å². The molecule has 5 heteroatoms. The van der Waals surface area contributed by atoms with Crippen molar-refractivity contribution in [2.24, 2.45) is 0 Å². The number of benzene rings is 1. The third kappa shape index (κ3) is 2.12. The quantitative estimate of drug-likeness (QED) is 0.838. The smallest absolute Gasteiger partial charge is 0.328 e. The Hall–Kier alpha value is -1.49. The van der Waals surface area contributed by atoms with Gasteiger partial charge in [-0.2, -0.15) is 0 Å². The van der Waals surface area contributed by atoms with Crippen LogP contribution in [0.4, 0.5) is 0 Å². The van der Waals surface area contributed by atoms with Gasteiger partial charge in [-0.05, 0) is 23.8 Å². The molecular formula is C10H7BrO4. The number of hydrogen-bond acceptors (Lipinski definition) is 3. The molecule has 1 heterocycles. The van der Waals surface area contributed by atoms with Crippen molar-refractivity contribution < 1.29 is 19.4 Å². The second-order valence-corrected chi connectivity index (χ2v) is 3.75.